The van der Waals surface area contributed by atoms with Crippen LogP contribution in [-0.2, 0) is 11.3 Å². The summed E-state index contributed by atoms with van der Waals surface area (Å²) < 4.78 is 7.48. The van der Waals surface area contributed by atoms with E-state index in [1.165, 1.54) is 10.7 Å². The minimum absolute atomic E-state index is 0.109. The molecule has 0 radical (unpaired) electrons. The molecule has 0 spiro atoms. The Hall–Kier alpha value is -1.36. The topological polar surface area (TPSA) is 44.1 Å². The predicted octanol–water partition coefficient (Wildman–Crippen LogP) is 3.90. The lowest BCUT2D eigenvalue weighted by Crippen LogP contribution is -2.33. The van der Waals surface area contributed by atoms with Crippen molar-refractivity contribution in [3.63, 3.8) is 0 Å². The smallest absolute Gasteiger partial charge is 0.266 e. The summed E-state index contributed by atoms with van der Waals surface area (Å²) in [6.07, 6.45) is 4.60. The highest BCUT2D eigenvalue weighted by Crippen LogP contribution is 2.34. The lowest BCUT2D eigenvalue weighted by molar-refractivity contribution is 0.0306. The summed E-state index contributed by atoms with van der Waals surface area (Å²) in [5, 5.41) is 5.23. The zero-order valence-corrected chi connectivity index (χ0v) is 14.1. The van der Waals surface area contributed by atoms with Crippen LogP contribution in [0.25, 0.3) is 0 Å². The molecular formula is C17H18Cl2N2O2. The van der Waals surface area contributed by atoms with Crippen molar-refractivity contribution in [3.05, 3.63) is 62.5 Å². The average Bonchev–Trinajstić information content (AvgIpc) is 2.78. The van der Waals surface area contributed by atoms with Crippen LogP contribution in [0.15, 0.2) is 41.3 Å². The van der Waals surface area contributed by atoms with Crippen molar-refractivity contribution >= 4 is 23.2 Å². The third-order valence-corrected chi connectivity index (χ3v) is 4.94. The molecule has 3 rings (SSSR count). The van der Waals surface area contributed by atoms with Gasteiger partial charge in [0.1, 0.15) is 0 Å². The summed E-state index contributed by atoms with van der Waals surface area (Å²) in [6.45, 7) is 1.13. The predicted molar refractivity (Wildman–Crippen MR) is 91.3 cm³/mol. The van der Waals surface area contributed by atoms with Crippen LogP contribution in [0, 0.1) is 0 Å². The second kappa shape index (κ2) is 7.47. The monoisotopic (exact) mass is 352 g/mol. The molecule has 2 atom stereocenters. The van der Waals surface area contributed by atoms with Crippen molar-refractivity contribution in [1.82, 2.24) is 9.78 Å². The van der Waals surface area contributed by atoms with Crippen molar-refractivity contribution in [2.75, 3.05) is 6.61 Å². The van der Waals surface area contributed by atoms with E-state index < -0.39 is 0 Å². The first-order chi connectivity index (χ1) is 11.1. The molecule has 6 heteroatoms. The van der Waals surface area contributed by atoms with E-state index in [-0.39, 0.29) is 17.6 Å². The molecule has 0 bridgehead atoms. The largest absolute Gasteiger partial charge is 0.376 e. The van der Waals surface area contributed by atoms with Gasteiger partial charge in [0, 0.05) is 24.8 Å². The van der Waals surface area contributed by atoms with E-state index in [4.69, 9.17) is 27.9 Å². The number of hydrogen-bond donors (Lipinski definition) is 0. The van der Waals surface area contributed by atoms with Crippen molar-refractivity contribution in [3.8, 4) is 0 Å². The van der Waals surface area contributed by atoms with E-state index in [0.717, 1.165) is 24.8 Å². The zero-order chi connectivity index (χ0) is 16.2. The number of hydrogen-bond acceptors (Lipinski definition) is 3. The molecule has 1 aromatic carbocycles. The first-order valence-electron chi connectivity index (χ1n) is 7.74. The molecule has 0 saturated carbocycles. The van der Waals surface area contributed by atoms with Gasteiger partial charge in [0.25, 0.3) is 5.56 Å². The molecule has 1 aliphatic rings. The van der Waals surface area contributed by atoms with Crippen molar-refractivity contribution in [1.29, 1.82) is 0 Å². The summed E-state index contributed by atoms with van der Waals surface area (Å²) in [6, 6.07) is 8.86. The SMILES string of the molecule is O=c1cccnn1C[C@@H]1OCCCC[C@H]1c1ccc(Cl)c(Cl)c1. The molecule has 23 heavy (non-hydrogen) atoms. The van der Waals surface area contributed by atoms with Crippen LogP contribution < -0.4 is 5.56 Å². The molecule has 4 nitrogen and oxygen atoms in total. The van der Waals surface area contributed by atoms with E-state index in [1.807, 2.05) is 18.2 Å². The highest BCUT2D eigenvalue weighted by Gasteiger charge is 2.27. The zero-order valence-electron chi connectivity index (χ0n) is 12.6. The highest BCUT2D eigenvalue weighted by atomic mass is 35.5. The van der Waals surface area contributed by atoms with E-state index in [1.54, 1.807) is 12.3 Å². The van der Waals surface area contributed by atoms with E-state index >= 15 is 0 Å². The quantitative estimate of drug-likeness (QED) is 0.841. The van der Waals surface area contributed by atoms with Gasteiger partial charge in [-0.3, -0.25) is 4.79 Å². The fourth-order valence-corrected chi connectivity index (χ4v) is 3.31. The minimum atomic E-state index is -0.117. The van der Waals surface area contributed by atoms with Crippen LogP contribution in [0.1, 0.15) is 30.7 Å². The molecule has 1 fully saturated rings. The first kappa shape index (κ1) is 16.5. The standard InChI is InChI=1S/C17H18Cl2N2O2/c18-14-7-6-12(10-15(14)19)13-4-1-2-9-23-16(13)11-21-17(22)5-3-8-20-21/h3,5-8,10,13,16H,1-2,4,9,11H2/t13-,16-/m0/s1. The van der Waals surface area contributed by atoms with Crippen molar-refractivity contribution < 1.29 is 4.74 Å². The van der Waals surface area contributed by atoms with Gasteiger partial charge in [0.15, 0.2) is 0 Å². The summed E-state index contributed by atoms with van der Waals surface area (Å²) in [5.74, 6) is 0.168. The van der Waals surface area contributed by atoms with Crippen LogP contribution in [0.3, 0.4) is 0 Å². The Balaban J connectivity index is 1.89. The van der Waals surface area contributed by atoms with Gasteiger partial charge < -0.3 is 4.74 Å². The first-order valence-corrected chi connectivity index (χ1v) is 8.49. The second-order valence-corrected chi connectivity index (χ2v) is 6.54. The number of aromatic nitrogens is 2. The van der Waals surface area contributed by atoms with Crippen LogP contribution >= 0.6 is 23.2 Å². The molecule has 1 saturated heterocycles. The molecule has 0 amide bonds. The molecule has 2 heterocycles. The van der Waals surface area contributed by atoms with Gasteiger partial charge in [0.05, 0.1) is 22.7 Å². The second-order valence-electron chi connectivity index (χ2n) is 5.73. The Bertz CT molecular complexity index is 733. The number of rotatable bonds is 3. The van der Waals surface area contributed by atoms with Gasteiger partial charge in [-0.1, -0.05) is 35.7 Å². The van der Waals surface area contributed by atoms with Gasteiger partial charge in [-0.15, -0.1) is 0 Å². The molecule has 1 aliphatic heterocycles. The number of halogens is 2. The Morgan fingerprint density at radius 3 is 2.87 bits per heavy atom. The fraction of sp³-hybridized carbons (Fsp3) is 0.412. The summed E-state index contributed by atoms with van der Waals surface area (Å²) in [7, 11) is 0. The van der Waals surface area contributed by atoms with Gasteiger partial charge in [-0.25, -0.2) is 4.68 Å². The Morgan fingerprint density at radius 2 is 2.09 bits per heavy atom. The molecule has 122 valence electrons. The van der Waals surface area contributed by atoms with Crippen LogP contribution in [0.4, 0.5) is 0 Å². The van der Waals surface area contributed by atoms with Crippen LogP contribution in [0.2, 0.25) is 10.0 Å². The molecule has 0 N–H and O–H groups in total. The molecular weight excluding hydrogens is 335 g/mol. The van der Waals surface area contributed by atoms with Gasteiger partial charge in [0.2, 0.25) is 0 Å². The Kier molecular flexibility index (Phi) is 5.36. The molecule has 0 aliphatic carbocycles. The highest BCUT2D eigenvalue weighted by molar-refractivity contribution is 6.42. The molecule has 1 aromatic heterocycles. The summed E-state index contributed by atoms with van der Waals surface area (Å²) >= 11 is 12.2. The normalized spacial score (nSPS) is 21.8. The Morgan fingerprint density at radius 1 is 1.22 bits per heavy atom. The number of benzene rings is 1. The Labute approximate surface area is 145 Å². The maximum Gasteiger partial charge on any atom is 0.266 e. The third kappa shape index (κ3) is 3.94. The summed E-state index contributed by atoms with van der Waals surface area (Å²) in [4.78, 5) is 11.9. The molecule has 0 unspecified atom stereocenters. The average molecular weight is 353 g/mol. The maximum atomic E-state index is 11.9. The van der Waals surface area contributed by atoms with E-state index in [2.05, 4.69) is 5.10 Å². The van der Waals surface area contributed by atoms with E-state index in [0.29, 0.717) is 23.2 Å². The van der Waals surface area contributed by atoms with Crippen LogP contribution in [-0.4, -0.2) is 22.5 Å². The van der Waals surface area contributed by atoms with Gasteiger partial charge in [-0.05, 0) is 36.6 Å². The maximum absolute atomic E-state index is 11.9. The van der Waals surface area contributed by atoms with E-state index in [9.17, 15) is 4.79 Å². The number of nitrogens with zero attached hydrogens (tertiary/aromatic N) is 2. The van der Waals surface area contributed by atoms with Gasteiger partial charge >= 0.3 is 0 Å². The van der Waals surface area contributed by atoms with Crippen molar-refractivity contribution in [2.45, 2.75) is 37.8 Å². The summed E-state index contributed by atoms with van der Waals surface area (Å²) in [5.41, 5.74) is 0.975. The third-order valence-electron chi connectivity index (χ3n) is 4.20. The minimum Gasteiger partial charge on any atom is -0.376 e. The lowest BCUT2D eigenvalue weighted by Gasteiger charge is -2.25. The molecule has 2 aromatic rings. The van der Waals surface area contributed by atoms with Crippen molar-refractivity contribution in [2.24, 2.45) is 0 Å². The number of ether oxygens (including phenoxy) is 1. The fourth-order valence-electron chi connectivity index (χ4n) is 3.00. The van der Waals surface area contributed by atoms with Gasteiger partial charge in [-0.2, -0.15) is 5.10 Å². The lowest BCUT2D eigenvalue weighted by atomic mass is 9.89. The van der Waals surface area contributed by atoms with Crippen LogP contribution in [0.5, 0.6) is 0 Å².